The van der Waals surface area contributed by atoms with Crippen molar-refractivity contribution in [3.8, 4) is 0 Å². The third kappa shape index (κ3) is 1.63. The van der Waals surface area contributed by atoms with Crippen LogP contribution in [-0.4, -0.2) is 64.5 Å². The predicted octanol–water partition coefficient (Wildman–Crippen LogP) is -1.47. The molecular weight excluding hydrogens is 222 g/mol. The van der Waals surface area contributed by atoms with Crippen LogP contribution in [-0.2, 0) is 9.59 Å². The number of hydrogen-bond acceptors (Lipinski definition) is 4. The number of primary amides is 1. The molecular formula is C11H19N3O3. The van der Waals surface area contributed by atoms with Gasteiger partial charge in [0.15, 0.2) is 0 Å². The average Bonchev–Trinajstić information content (AvgIpc) is 2.61. The minimum absolute atomic E-state index is 0.0813. The molecule has 0 aromatic heterocycles. The molecule has 2 aliphatic heterocycles. The van der Waals surface area contributed by atoms with E-state index < -0.39 is 23.6 Å². The number of nitrogens with zero attached hydrogens (tertiary/aromatic N) is 2. The van der Waals surface area contributed by atoms with Crippen molar-refractivity contribution in [2.24, 2.45) is 5.73 Å². The normalized spacial score (nSPS) is 32.6. The van der Waals surface area contributed by atoms with Gasteiger partial charge in [0.25, 0.3) is 0 Å². The molecule has 2 heterocycles. The van der Waals surface area contributed by atoms with Gasteiger partial charge in [-0.2, -0.15) is 0 Å². The lowest BCUT2D eigenvalue weighted by atomic mass is 9.83. The zero-order chi connectivity index (χ0) is 12.8. The number of aliphatic hydroxyl groups is 1. The van der Waals surface area contributed by atoms with Gasteiger partial charge in [-0.3, -0.25) is 14.5 Å². The van der Waals surface area contributed by atoms with E-state index in [1.807, 2.05) is 11.9 Å². The van der Waals surface area contributed by atoms with E-state index in [-0.39, 0.29) is 5.91 Å². The van der Waals surface area contributed by atoms with E-state index in [4.69, 9.17) is 5.73 Å². The van der Waals surface area contributed by atoms with Crippen LogP contribution in [0.25, 0.3) is 0 Å². The van der Waals surface area contributed by atoms with Crippen molar-refractivity contribution in [3.63, 3.8) is 0 Å². The highest BCUT2D eigenvalue weighted by molar-refractivity contribution is 5.97. The van der Waals surface area contributed by atoms with Crippen LogP contribution < -0.4 is 5.73 Å². The van der Waals surface area contributed by atoms with Crippen molar-refractivity contribution in [2.75, 3.05) is 20.1 Å². The molecule has 1 spiro atoms. The highest BCUT2D eigenvalue weighted by atomic mass is 16.3. The molecule has 17 heavy (non-hydrogen) atoms. The summed E-state index contributed by atoms with van der Waals surface area (Å²) in [6.07, 6.45) is 0.886. The molecule has 2 amide bonds. The first-order chi connectivity index (χ1) is 7.90. The number of nitrogens with two attached hydrogens (primary N) is 1. The average molecular weight is 241 g/mol. The van der Waals surface area contributed by atoms with E-state index >= 15 is 0 Å². The number of amides is 2. The summed E-state index contributed by atoms with van der Waals surface area (Å²) < 4.78 is 0. The van der Waals surface area contributed by atoms with E-state index in [0.29, 0.717) is 6.54 Å². The Balaban J connectivity index is 2.13. The molecule has 6 heteroatoms. The van der Waals surface area contributed by atoms with Crippen molar-refractivity contribution in [3.05, 3.63) is 0 Å². The summed E-state index contributed by atoms with van der Waals surface area (Å²) in [4.78, 5) is 26.9. The van der Waals surface area contributed by atoms with E-state index in [0.717, 1.165) is 19.4 Å². The summed E-state index contributed by atoms with van der Waals surface area (Å²) in [5.74, 6) is -0.731. The predicted molar refractivity (Wildman–Crippen MR) is 61.0 cm³/mol. The number of carbonyl (C=O) groups is 2. The van der Waals surface area contributed by atoms with E-state index in [1.165, 1.54) is 11.8 Å². The van der Waals surface area contributed by atoms with Crippen LogP contribution in [0.1, 0.15) is 19.8 Å². The maximum atomic E-state index is 12.2. The maximum Gasteiger partial charge on any atom is 0.245 e. The number of likely N-dealkylation sites (tertiary alicyclic amines) is 2. The third-order valence-corrected chi connectivity index (χ3v) is 3.99. The molecule has 96 valence electrons. The van der Waals surface area contributed by atoms with Crippen LogP contribution in [0.4, 0.5) is 0 Å². The van der Waals surface area contributed by atoms with Crippen LogP contribution in [0.5, 0.6) is 0 Å². The summed E-state index contributed by atoms with van der Waals surface area (Å²) >= 11 is 0. The van der Waals surface area contributed by atoms with Crippen LogP contribution in [0.3, 0.4) is 0 Å². The molecule has 0 aromatic rings. The lowest BCUT2D eigenvalue weighted by Gasteiger charge is -2.52. The number of β-lactam (4-membered cyclic amide) rings is 1. The van der Waals surface area contributed by atoms with Crippen molar-refractivity contribution in [1.82, 2.24) is 9.80 Å². The van der Waals surface area contributed by atoms with Gasteiger partial charge in [0, 0.05) is 6.54 Å². The summed E-state index contributed by atoms with van der Waals surface area (Å²) in [6.45, 7) is 2.86. The Kier molecular flexibility index (Phi) is 2.87. The molecule has 2 aliphatic rings. The fourth-order valence-corrected chi connectivity index (χ4v) is 2.96. The Morgan fingerprint density at radius 1 is 1.59 bits per heavy atom. The van der Waals surface area contributed by atoms with Crippen LogP contribution in [0.2, 0.25) is 0 Å². The minimum atomic E-state index is -0.930. The molecule has 2 fully saturated rings. The Bertz CT molecular complexity index is 358. The maximum absolute atomic E-state index is 12.2. The highest BCUT2D eigenvalue weighted by Gasteiger charge is 2.59. The number of carbonyl (C=O) groups excluding carboxylic acids is 2. The molecule has 3 N–H and O–H groups in total. The van der Waals surface area contributed by atoms with Crippen molar-refractivity contribution < 1.29 is 14.7 Å². The Hall–Kier alpha value is -1.14. The molecule has 0 aliphatic carbocycles. The van der Waals surface area contributed by atoms with E-state index in [2.05, 4.69) is 0 Å². The Labute approximate surface area is 100 Å². The van der Waals surface area contributed by atoms with Crippen molar-refractivity contribution in [2.45, 2.75) is 37.5 Å². The van der Waals surface area contributed by atoms with Crippen molar-refractivity contribution >= 4 is 11.8 Å². The monoisotopic (exact) mass is 241 g/mol. The highest BCUT2D eigenvalue weighted by Crippen LogP contribution is 2.39. The number of likely N-dealkylation sites (N-methyl/N-ethyl adjacent to an activating group) is 1. The molecule has 0 saturated carbocycles. The molecule has 6 nitrogen and oxygen atoms in total. The second-order valence-corrected chi connectivity index (χ2v) is 5.08. The second-order valence-electron chi connectivity index (χ2n) is 5.08. The van der Waals surface area contributed by atoms with Crippen LogP contribution in [0.15, 0.2) is 0 Å². The zero-order valence-corrected chi connectivity index (χ0v) is 10.2. The van der Waals surface area contributed by atoms with Gasteiger partial charge in [-0.15, -0.1) is 0 Å². The van der Waals surface area contributed by atoms with E-state index in [1.54, 1.807) is 0 Å². The second kappa shape index (κ2) is 3.96. The topological polar surface area (TPSA) is 86.9 Å². The van der Waals surface area contributed by atoms with Gasteiger partial charge in [-0.25, -0.2) is 0 Å². The van der Waals surface area contributed by atoms with Crippen LogP contribution >= 0.6 is 0 Å². The first-order valence-electron chi connectivity index (χ1n) is 5.90. The summed E-state index contributed by atoms with van der Waals surface area (Å²) in [5, 5.41) is 9.52. The lowest BCUT2D eigenvalue weighted by Crippen LogP contribution is -2.75. The molecule has 2 rings (SSSR count). The Morgan fingerprint density at radius 3 is 2.59 bits per heavy atom. The van der Waals surface area contributed by atoms with Gasteiger partial charge in [0.1, 0.15) is 11.6 Å². The largest absolute Gasteiger partial charge is 0.391 e. The molecule has 2 saturated heterocycles. The Morgan fingerprint density at radius 2 is 2.24 bits per heavy atom. The van der Waals surface area contributed by atoms with Crippen LogP contribution in [0, 0.1) is 0 Å². The third-order valence-electron chi connectivity index (χ3n) is 3.99. The van der Waals surface area contributed by atoms with Gasteiger partial charge in [-0.1, -0.05) is 0 Å². The minimum Gasteiger partial charge on any atom is -0.391 e. The molecule has 0 bridgehead atoms. The zero-order valence-electron chi connectivity index (χ0n) is 10.2. The van der Waals surface area contributed by atoms with Gasteiger partial charge >= 0.3 is 0 Å². The number of aliphatic hydroxyl groups excluding tert-OH is 1. The number of hydrogen-bond donors (Lipinski definition) is 2. The van der Waals surface area contributed by atoms with Gasteiger partial charge in [0.2, 0.25) is 11.8 Å². The first kappa shape index (κ1) is 12.3. The lowest BCUT2D eigenvalue weighted by molar-refractivity contribution is -0.170. The number of rotatable bonds is 3. The fraction of sp³-hybridized carbons (Fsp3) is 0.818. The standard InChI is InChI=1S/C11H19N3O3/c1-7(15)8(9(12)16)14-6-11(10(14)17)4-3-5-13(11)2/h7-8,15H,3-6H2,1-2H3,(H2,12,16)/t7-,8+,11+/m1/s1. The molecule has 3 atom stereocenters. The smallest absolute Gasteiger partial charge is 0.245 e. The SMILES string of the molecule is C[C@@H](O)[C@@H](C(N)=O)N1C[C@@]2(CCCN2C)C1=O. The quantitative estimate of drug-likeness (QED) is 0.590. The fourth-order valence-electron chi connectivity index (χ4n) is 2.96. The van der Waals surface area contributed by atoms with Gasteiger partial charge in [0.05, 0.1) is 6.10 Å². The molecule has 0 unspecified atom stereocenters. The summed E-state index contributed by atoms with van der Waals surface area (Å²) in [5.41, 5.74) is 4.78. The molecule has 0 aromatic carbocycles. The van der Waals surface area contributed by atoms with Gasteiger partial charge in [-0.05, 0) is 33.4 Å². The molecule has 0 radical (unpaired) electrons. The van der Waals surface area contributed by atoms with E-state index in [9.17, 15) is 14.7 Å². The summed E-state index contributed by atoms with van der Waals surface area (Å²) in [6, 6.07) is -0.901. The van der Waals surface area contributed by atoms with Gasteiger partial charge < -0.3 is 15.7 Å². The first-order valence-corrected chi connectivity index (χ1v) is 5.90. The summed E-state index contributed by atoms with van der Waals surface area (Å²) in [7, 11) is 1.92. The van der Waals surface area contributed by atoms with Crippen molar-refractivity contribution in [1.29, 1.82) is 0 Å².